The van der Waals surface area contributed by atoms with Crippen LogP contribution < -0.4 is 15.5 Å². The fourth-order valence-electron chi connectivity index (χ4n) is 2.96. The van der Waals surface area contributed by atoms with Crippen molar-refractivity contribution in [2.75, 3.05) is 31.6 Å². The number of para-hydroxylation sites is 1. The lowest BCUT2D eigenvalue weighted by Crippen LogP contribution is -2.43. The molecule has 2 heterocycles. The summed E-state index contributed by atoms with van der Waals surface area (Å²) in [6.45, 7) is -0.116. The highest BCUT2D eigenvalue weighted by Gasteiger charge is 2.32. The second-order valence-electron chi connectivity index (χ2n) is 5.86. The Hall–Kier alpha value is -2.90. The molecule has 1 atom stereocenters. The predicted octanol–water partition coefficient (Wildman–Crippen LogP) is -0.195. The number of carbonyl (C=O) groups excluding carboxylic acids is 4. The van der Waals surface area contributed by atoms with E-state index in [1.807, 2.05) is 24.3 Å². The summed E-state index contributed by atoms with van der Waals surface area (Å²) in [4.78, 5) is 49.5. The zero-order chi connectivity index (χ0) is 17.3. The van der Waals surface area contributed by atoms with E-state index in [-0.39, 0.29) is 31.5 Å². The zero-order valence-electron chi connectivity index (χ0n) is 13.2. The van der Waals surface area contributed by atoms with Gasteiger partial charge in [-0.2, -0.15) is 0 Å². The van der Waals surface area contributed by atoms with Crippen LogP contribution in [-0.4, -0.2) is 55.3 Å². The summed E-state index contributed by atoms with van der Waals surface area (Å²) < 4.78 is 0. The number of benzene rings is 1. The first kappa shape index (κ1) is 16.0. The van der Waals surface area contributed by atoms with Crippen molar-refractivity contribution in [3.8, 4) is 0 Å². The van der Waals surface area contributed by atoms with Crippen molar-refractivity contribution in [3.05, 3.63) is 29.8 Å². The highest BCUT2D eigenvalue weighted by molar-refractivity contribution is 6.04. The van der Waals surface area contributed by atoms with Crippen LogP contribution in [0.5, 0.6) is 0 Å². The van der Waals surface area contributed by atoms with Gasteiger partial charge in [0.15, 0.2) is 0 Å². The number of imide groups is 1. The number of nitrogens with zero attached hydrogens (tertiary/aromatic N) is 2. The Labute approximate surface area is 138 Å². The van der Waals surface area contributed by atoms with Gasteiger partial charge < -0.3 is 15.5 Å². The lowest BCUT2D eigenvalue weighted by Gasteiger charge is -2.31. The number of amides is 5. The molecular weight excluding hydrogens is 312 g/mol. The molecule has 0 unspecified atom stereocenters. The minimum Gasteiger partial charge on any atom is -0.354 e. The van der Waals surface area contributed by atoms with E-state index in [0.29, 0.717) is 6.42 Å². The first-order valence-electron chi connectivity index (χ1n) is 7.67. The van der Waals surface area contributed by atoms with Gasteiger partial charge in [0.05, 0.1) is 6.54 Å². The average molecular weight is 330 g/mol. The summed E-state index contributed by atoms with van der Waals surface area (Å²) in [6.07, 6.45) is 0.303. The molecule has 0 saturated carbocycles. The Morgan fingerprint density at radius 2 is 2.00 bits per heavy atom. The standard InChI is InChI=1S/C16H18N4O4/c1-19-12-5-3-2-4-11(12)10(6-14(19)22)7-17-13(21)9-20-15(23)8-18-16(20)24/h2-5,10H,6-9H2,1H3,(H,17,21)(H,18,24)/t10-/m0/s1. The Morgan fingerprint density at radius 1 is 1.25 bits per heavy atom. The van der Waals surface area contributed by atoms with Crippen LogP contribution in [-0.2, 0) is 14.4 Å². The summed E-state index contributed by atoms with van der Waals surface area (Å²) >= 11 is 0. The smallest absolute Gasteiger partial charge is 0.325 e. The van der Waals surface area contributed by atoms with E-state index in [0.717, 1.165) is 16.2 Å². The number of fused-ring (bicyclic) bond motifs is 1. The third-order valence-corrected chi connectivity index (χ3v) is 4.32. The van der Waals surface area contributed by atoms with Crippen LogP contribution in [0.15, 0.2) is 24.3 Å². The fourth-order valence-corrected chi connectivity index (χ4v) is 2.96. The molecule has 1 aromatic rings. The third-order valence-electron chi connectivity index (χ3n) is 4.32. The van der Waals surface area contributed by atoms with Crippen LogP contribution in [0, 0.1) is 0 Å². The monoisotopic (exact) mass is 330 g/mol. The van der Waals surface area contributed by atoms with Gasteiger partial charge in [0.1, 0.15) is 6.54 Å². The Balaban J connectivity index is 1.63. The van der Waals surface area contributed by atoms with Crippen LogP contribution in [0.3, 0.4) is 0 Å². The second kappa shape index (κ2) is 6.31. The van der Waals surface area contributed by atoms with Crippen LogP contribution in [0.1, 0.15) is 17.9 Å². The molecule has 1 fully saturated rings. The number of hydrogen-bond acceptors (Lipinski definition) is 4. The Bertz CT molecular complexity index is 702. The van der Waals surface area contributed by atoms with Crippen molar-refractivity contribution in [1.29, 1.82) is 0 Å². The minimum atomic E-state index is -0.560. The van der Waals surface area contributed by atoms with Gasteiger partial charge >= 0.3 is 6.03 Å². The Kier molecular flexibility index (Phi) is 4.20. The number of rotatable bonds is 4. The minimum absolute atomic E-state index is 0.0120. The van der Waals surface area contributed by atoms with E-state index < -0.39 is 17.8 Å². The molecule has 2 aliphatic rings. The van der Waals surface area contributed by atoms with E-state index >= 15 is 0 Å². The van der Waals surface area contributed by atoms with Crippen molar-refractivity contribution >= 4 is 29.4 Å². The molecule has 3 rings (SSSR count). The normalized spacial score (nSPS) is 20.0. The van der Waals surface area contributed by atoms with Gasteiger partial charge in [-0.15, -0.1) is 0 Å². The molecule has 8 nitrogen and oxygen atoms in total. The predicted molar refractivity (Wildman–Crippen MR) is 85.3 cm³/mol. The highest BCUT2D eigenvalue weighted by Crippen LogP contribution is 2.34. The van der Waals surface area contributed by atoms with Gasteiger partial charge in [0.2, 0.25) is 11.8 Å². The molecule has 2 N–H and O–H groups in total. The number of anilines is 1. The lowest BCUT2D eigenvalue weighted by molar-refractivity contribution is -0.130. The lowest BCUT2D eigenvalue weighted by atomic mass is 9.89. The van der Waals surface area contributed by atoms with E-state index in [9.17, 15) is 19.2 Å². The second-order valence-corrected chi connectivity index (χ2v) is 5.86. The van der Waals surface area contributed by atoms with Crippen molar-refractivity contribution in [1.82, 2.24) is 15.5 Å². The molecule has 24 heavy (non-hydrogen) atoms. The maximum absolute atomic E-state index is 12.1. The average Bonchev–Trinajstić information content (AvgIpc) is 2.89. The van der Waals surface area contributed by atoms with Gasteiger partial charge in [-0.3, -0.25) is 19.3 Å². The molecule has 0 bridgehead atoms. The van der Waals surface area contributed by atoms with Crippen LogP contribution in [0.4, 0.5) is 10.5 Å². The molecule has 0 aliphatic carbocycles. The summed E-state index contributed by atoms with van der Waals surface area (Å²) in [6, 6.07) is 7.00. The van der Waals surface area contributed by atoms with Gasteiger partial charge in [0, 0.05) is 31.6 Å². The first-order valence-corrected chi connectivity index (χ1v) is 7.67. The first-order chi connectivity index (χ1) is 11.5. The van der Waals surface area contributed by atoms with Crippen molar-refractivity contribution in [2.45, 2.75) is 12.3 Å². The largest absolute Gasteiger partial charge is 0.354 e. The number of nitrogens with one attached hydrogen (secondary N) is 2. The van der Waals surface area contributed by atoms with Gasteiger partial charge in [-0.1, -0.05) is 18.2 Å². The quantitative estimate of drug-likeness (QED) is 0.747. The van der Waals surface area contributed by atoms with Crippen molar-refractivity contribution in [3.63, 3.8) is 0 Å². The molecule has 0 aromatic heterocycles. The zero-order valence-corrected chi connectivity index (χ0v) is 13.2. The number of hydrogen-bond donors (Lipinski definition) is 2. The summed E-state index contributed by atoms with van der Waals surface area (Å²) in [5.41, 5.74) is 1.83. The summed E-state index contributed by atoms with van der Waals surface area (Å²) in [7, 11) is 1.73. The molecule has 2 aliphatic heterocycles. The number of urea groups is 1. The van der Waals surface area contributed by atoms with Crippen LogP contribution in [0.25, 0.3) is 0 Å². The molecule has 1 saturated heterocycles. The fraction of sp³-hybridized carbons (Fsp3) is 0.375. The molecule has 5 amide bonds. The van der Waals surface area contributed by atoms with Crippen LogP contribution >= 0.6 is 0 Å². The topological polar surface area (TPSA) is 98.8 Å². The van der Waals surface area contributed by atoms with Crippen molar-refractivity contribution in [2.24, 2.45) is 0 Å². The van der Waals surface area contributed by atoms with Gasteiger partial charge in [0.25, 0.3) is 5.91 Å². The molecule has 126 valence electrons. The maximum Gasteiger partial charge on any atom is 0.325 e. The molecule has 0 radical (unpaired) electrons. The molecule has 1 aromatic carbocycles. The third kappa shape index (κ3) is 2.94. The summed E-state index contributed by atoms with van der Waals surface area (Å²) in [5.74, 6) is -0.988. The maximum atomic E-state index is 12.1. The van der Waals surface area contributed by atoms with E-state index in [4.69, 9.17) is 0 Å². The molecule has 8 heteroatoms. The van der Waals surface area contributed by atoms with E-state index in [1.54, 1.807) is 11.9 Å². The van der Waals surface area contributed by atoms with E-state index in [2.05, 4.69) is 10.6 Å². The van der Waals surface area contributed by atoms with Gasteiger partial charge in [-0.05, 0) is 11.6 Å². The summed E-state index contributed by atoms with van der Waals surface area (Å²) in [5, 5.41) is 5.07. The van der Waals surface area contributed by atoms with E-state index in [1.165, 1.54) is 0 Å². The Morgan fingerprint density at radius 3 is 2.71 bits per heavy atom. The highest BCUT2D eigenvalue weighted by atomic mass is 16.2. The number of carbonyl (C=O) groups is 4. The molecular formula is C16H18N4O4. The molecule has 0 spiro atoms. The van der Waals surface area contributed by atoms with Crippen LogP contribution in [0.2, 0.25) is 0 Å². The van der Waals surface area contributed by atoms with Crippen molar-refractivity contribution < 1.29 is 19.2 Å². The van der Waals surface area contributed by atoms with Gasteiger partial charge in [-0.25, -0.2) is 4.79 Å². The SMILES string of the molecule is CN1C(=O)C[C@@H](CNC(=O)CN2C(=O)CNC2=O)c2ccccc21.